The third kappa shape index (κ3) is 3.18. The molecule has 2 bridgehead atoms. The maximum atomic E-state index is 6.23. The molecule has 21 heavy (non-hydrogen) atoms. The number of para-hydroxylation sites is 1. The van der Waals surface area contributed by atoms with Gasteiger partial charge in [0.15, 0.2) is 11.5 Å². The summed E-state index contributed by atoms with van der Waals surface area (Å²) >= 11 is 0. The lowest BCUT2D eigenvalue weighted by Gasteiger charge is -2.23. The molecule has 3 rings (SSSR count). The molecule has 3 nitrogen and oxygen atoms in total. The number of fused-ring (bicyclic) bond motifs is 2. The van der Waals surface area contributed by atoms with E-state index in [-0.39, 0.29) is 0 Å². The lowest BCUT2D eigenvalue weighted by Crippen LogP contribution is -2.20. The fourth-order valence-electron chi connectivity index (χ4n) is 4.06. The van der Waals surface area contributed by atoms with Gasteiger partial charge in [-0.3, -0.25) is 0 Å². The van der Waals surface area contributed by atoms with Crippen LogP contribution >= 0.6 is 0 Å². The van der Waals surface area contributed by atoms with Gasteiger partial charge in [0.2, 0.25) is 0 Å². The van der Waals surface area contributed by atoms with Gasteiger partial charge in [-0.25, -0.2) is 0 Å². The van der Waals surface area contributed by atoms with E-state index >= 15 is 0 Å². The Hall–Kier alpha value is -1.22. The molecule has 2 saturated carbocycles. The van der Waals surface area contributed by atoms with Crippen LogP contribution in [-0.2, 0) is 6.54 Å². The van der Waals surface area contributed by atoms with Gasteiger partial charge in [-0.2, -0.15) is 0 Å². The molecule has 3 unspecified atom stereocenters. The van der Waals surface area contributed by atoms with E-state index in [1.54, 1.807) is 7.11 Å². The van der Waals surface area contributed by atoms with Crippen molar-refractivity contribution in [3.63, 3.8) is 0 Å². The van der Waals surface area contributed by atoms with Crippen molar-refractivity contribution in [1.29, 1.82) is 0 Å². The summed E-state index contributed by atoms with van der Waals surface area (Å²) in [4.78, 5) is 0. The van der Waals surface area contributed by atoms with Gasteiger partial charge >= 0.3 is 0 Å². The Morgan fingerprint density at radius 2 is 2.14 bits per heavy atom. The van der Waals surface area contributed by atoms with Crippen molar-refractivity contribution in [1.82, 2.24) is 5.32 Å². The van der Waals surface area contributed by atoms with Gasteiger partial charge in [0.1, 0.15) is 0 Å². The van der Waals surface area contributed by atoms with Crippen LogP contribution in [0, 0.1) is 17.8 Å². The van der Waals surface area contributed by atoms with Gasteiger partial charge in [-0.15, -0.1) is 0 Å². The second-order valence-corrected chi connectivity index (χ2v) is 6.47. The first kappa shape index (κ1) is 14.7. The van der Waals surface area contributed by atoms with E-state index < -0.39 is 0 Å². The van der Waals surface area contributed by atoms with Crippen LogP contribution in [0.4, 0.5) is 0 Å². The van der Waals surface area contributed by atoms with Crippen LogP contribution in [0.15, 0.2) is 18.2 Å². The zero-order valence-corrected chi connectivity index (χ0v) is 13.2. The first-order valence-corrected chi connectivity index (χ1v) is 8.31. The molecule has 0 saturated heterocycles. The summed E-state index contributed by atoms with van der Waals surface area (Å²) < 4.78 is 11.7. The first-order valence-electron chi connectivity index (χ1n) is 8.31. The topological polar surface area (TPSA) is 30.5 Å². The first-order chi connectivity index (χ1) is 10.3. The molecule has 3 atom stereocenters. The minimum Gasteiger partial charge on any atom is -0.493 e. The largest absolute Gasteiger partial charge is 0.493 e. The molecular formula is C18H27NO2. The second kappa shape index (κ2) is 6.69. The molecule has 1 aromatic carbocycles. The molecule has 2 aliphatic rings. The highest BCUT2D eigenvalue weighted by molar-refractivity contribution is 5.46. The standard InChI is InChI=1S/C18H27NO2/c1-3-19-11-15-5-4-6-17(20-2)18(15)21-12-16-10-13-7-8-14(16)9-13/h4-6,13-14,16,19H,3,7-12H2,1-2H3. The summed E-state index contributed by atoms with van der Waals surface area (Å²) in [7, 11) is 1.72. The summed E-state index contributed by atoms with van der Waals surface area (Å²) in [5.41, 5.74) is 1.19. The van der Waals surface area contributed by atoms with Gasteiger partial charge in [0.25, 0.3) is 0 Å². The molecule has 3 heteroatoms. The fourth-order valence-corrected chi connectivity index (χ4v) is 4.06. The van der Waals surface area contributed by atoms with Gasteiger partial charge in [0.05, 0.1) is 13.7 Å². The summed E-state index contributed by atoms with van der Waals surface area (Å²) in [6, 6.07) is 6.16. The van der Waals surface area contributed by atoms with Crippen molar-refractivity contribution in [2.45, 2.75) is 39.2 Å². The van der Waals surface area contributed by atoms with E-state index in [1.165, 1.54) is 31.2 Å². The number of methoxy groups -OCH3 is 1. The predicted molar refractivity (Wildman–Crippen MR) is 84.8 cm³/mol. The molecular weight excluding hydrogens is 262 g/mol. The molecule has 0 aromatic heterocycles. The van der Waals surface area contributed by atoms with Crippen LogP contribution in [0.3, 0.4) is 0 Å². The van der Waals surface area contributed by atoms with E-state index in [9.17, 15) is 0 Å². The summed E-state index contributed by atoms with van der Waals surface area (Å²) in [5.74, 6) is 4.42. The number of benzene rings is 1. The summed E-state index contributed by atoms with van der Waals surface area (Å²) in [5, 5.41) is 3.38. The van der Waals surface area contributed by atoms with Gasteiger partial charge in [-0.1, -0.05) is 25.5 Å². The predicted octanol–water partition coefficient (Wildman–Crippen LogP) is 3.62. The highest BCUT2D eigenvalue weighted by Gasteiger charge is 2.39. The fraction of sp³-hybridized carbons (Fsp3) is 0.667. The van der Waals surface area contributed by atoms with Crippen LogP contribution in [0.2, 0.25) is 0 Å². The summed E-state index contributed by atoms with van der Waals surface area (Å²) in [6.07, 6.45) is 5.66. The number of hydrogen-bond donors (Lipinski definition) is 1. The van der Waals surface area contributed by atoms with Crippen LogP contribution in [0.25, 0.3) is 0 Å². The second-order valence-electron chi connectivity index (χ2n) is 6.47. The number of nitrogens with one attached hydrogen (secondary N) is 1. The maximum Gasteiger partial charge on any atom is 0.165 e. The van der Waals surface area contributed by atoms with Gasteiger partial charge in [-0.05, 0) is 49.6 Å². The third-order valence-electron chi connectivity index (χ3n) is 5.17. The molecule has 1 aromatic rings. The molecule has 0 spiro atoms. The van der Waals surface area contributed by atoms with E-state index in [1.807, 2.05) is 12.1 Å². The van der Waals surface area contributed by atoms with Crippen LogP contribution in [0.1, 0.15) is 38.2 Å². The molecule has 2 aliphatic carbocycles. The van der Waals surface area contributed by atoms with Crippen molar-refractivity contribution >= 4 is 0 Å². The zero-order valence-electron chi connectivity index (χ0n) is 13.2. The van der Waals surface area contributed by atoms with Crippen LogP contribution in [-0.4, -0.2) is 20.3 Å². The highest BCUT2D eigenvalue weighted by atomic mass is 16.5. The Morgan fingerprint density at radius 1 is 1.24 bits per heavy atom. The normalized spacial score (nSPS) is 27.0. The Bertz CT molecular complexity index is 474. The maximum absolute atomic E-state index is 6.23. The van der Waals surface area contributed by atoms with Crippen molar-refractivity contribution < 1.29 is 9.47 Å². The van der Waals surface area contributed by atoms with E-state index in [0.29, 0.717) is 0 Å². The van der Waals surface area contributed by atoms with Crippen molar-refractivity contribution in [3.05, 3.63) is 23.8 Å². The quantitative estimate of drug-likeness (QED) is 0.831. The Morgan fingerprint density at radius 3 is 2.81 bits per heavy atom. The molecule has 2 fully saturated rings. The molecule has 0 amide bonds. The van der Waals surface area contributed by atoms with Crippen molar-refractivity contribution in [2.24, 2.45) is 17.8 Å². The van der Waals surface area contributed by atoms with E-state index in [0.717, 1.165) is 48.9 Å². The van der Waals surface area contributed by atoms with Crippen molar-refractivity contribution in [2.75, 3.05) is 20.3 Å². The van der Waals surface area contributed by atoms with E-state index in [4.69, 9.17) is 9.47 Å². The molecule has 1 N–H and O–H groups in total. The number of ether oxygens (including phenoxy) is 2. The lowest BCUT2D eigenvalue weighted by atomic mass is 9.89. The average Bonchev–Trinajstić information content (AvgIpc) is 3.13. The number of rotatable bonds is 7. The monoisotopic (exact) mass is 289 g/mol. The highest BCUT2D eigenvalue weighted by Crippen LogP contribution is 2.48. The SMILES string of the molecule is CCNCc1cccc(OC)c1OCC1CC2CCC1C2. The Labute approximate surface area is 128 Å². The smallest absolute Gasteiger partial charge is 0.165 e. The van der Waals surface area contributed by atoms with E-state index in [2.05, 4.69) is 18.3 Å². The molecule has 0 radical (unpaired) electrons. The van der Waals surface area contributed by atoms with Crippen molar-refractivity contribution in [3.8, 4) is 11.5 Å². The molecule has 0 aliphatic heterocycles. The average molecular weight is 289 g/mol. The Balaban J connectivity index is 1.67. The minimum atomic E-state index is 0.751. The Kier molecular flexibility index (Phi) is 4.69. The molecule has 116 valence electrons. The van der Waals surface area contributed by atoms with Crippen LogP contribution < -0.4 is 14.8 Å². The number of hydrogen-bond acceptors (Lipinski definition) is 3. The summed E-state index contributed by atoms with van der Waals surface area (Å²) in [6.45, 7) is 4.76. The molecule has 0 heterocycles. The minimum absolute atomic E-state index is 0.751. The zero-order chi connectivity index (χ0) is 14.7. The lowest BCUT2D eigenvalue weighted by molar-refractivity contribution is 0.188. The van der Waals surface area contributed by atoms with Crippen LogP contribution in [0.5, 0.6) is 11.5 Å². The van der Waals surface area contributed by atoms with Gasteiger partial charge < -0.3 is 14.8 Å². The third-order valence-corrected chi connectivity index (χ3v) is 5.17. The van der Waals surface area contributed by atoms with Gasteiger partial charge in [0, 0.05) is 12.1 Å².